The van der Waals surface area contributed by atoms with E-state index in [1.165, 1.54) is 0 Å². The Balaban J connectivity index is 1.46. The molecule has 4 rings (SSSR count). The van der Waals surface area contributed by atoms with Crippen LogP contribution in [0.4, 0.5) is 0 Å². The third-order valence-corrected chi connectivity index (χ3v) is 4.74. The summed E-state index contributed by atoms with van der Waals surface area (Å²) in [6.07, 6.45) is 6.07. The van der Waals surface area contributed by atoms with Crippen molar-refractivity contribution in [2.75, 3.05) is 19.8 Å². The van der Waals surface area contributed by atoms with E-state index >= 15 is 0 Å². The lowest BCUT2D eigenvalue weighted by Crippen LogP contribution is -2.50. The first kappa shape index (κ1) is 17.0. The average Bonchev–Trinajstić information content (AvgIpc) is 3.24. The number of amides is 1. The molecule has 3 heterocycles. The van der Waals surface area contributed by atoms with Crippen molar-refractivity contribution in [2.24, 2.45) is 0 Å². The predicted molar refractivity (Wildman–Crippen MR) is 95.1 cm³/mol. The van der Waals surface area contributed by atoms with Crippen molar-refractivity contribution in [1.82, 2.24) is 9.88 Å². The molecule has 1 aromatic carbocycles. The van der Waals surface area contributed by atoms with E-state index in [-0.39, 0.29) is 18.2 Å². The van der Waals surface area contributed by atoms with Gasteiger partial charge in [0.05, 0.1) is 25.5 Å². The zero-order chi connectivity index (χ0) is 17.8. The average molecular weight is 354 g/mol. The van der Waals surface area contributed by atoms with Gasteiger partial charge in [-0.3, -0.25) is 9.78 Å². The Morgan fingerprint density at radius 3 is 2.62 bits per heavy atom. The molecule has 6 nitrogen and oxygen atoms in total. The molecule has 2 fully saturated rings. The Hall–Kier alpha value is -2.44. The first-order valence-electron chi connectivity index (χ1n) is 9.03. The molecule has 1 amide bonds. The van der Waals surface area contributed by atoms with Gasteiger partial charge in [-0.05, 0) is 55.7 Å². The molecule has 0 N–H and O–H groups in total. The second kappa shape index (κ2) is 7.85. The Kier molecular flexibility index (Phi) is 5.13. The lowest BCUT2D eigenvalue weighted by Gasteiger charge is -2.38. The van der Waals surface area contributed by atoms with Crippen LogP contribution in [0.1, 0.15) is 29.6 Å². The van der Waals surface area contributed by atoms with Gasteiger partial charge in [-0.2, -0.15) is 0 Å². The van der Waals surface area contributed by atoms with Crippen LogP contribution in [0.2, 0.25) is 0 Å². The normalized spacial score (nSPS) is 20.9. The number of carbonyl (C=O) groups excluding carboxylic acids is 1. The molecule has 6 heteroatoms. The predicted octanol–water partition coefficient (Wildman–Crippen LogP) is 3.24. The highest BCUT2D eigenvalue weighted by atomic mass is 16.7. The van der Waals surface area contributed by atoms with E-state index in [0.29, 0.717) is 30.3 Å². The number of ether oxygens (including phenoxy) is 3. The van der Waals surface area contributed by atoms with Crippen LogP contribution in [0, 0.1) is 0 Å². The van der Waals surface area contributed by atoms with Crippen molar-refractivity contribution >= 4 is 5.91 Å². The number of benzene rings is 1. The Morgan fingerprint density at radius 2 is 1.88 bits per heavy atom. The number of pyridine rings is 1. The molecular weight excluding hydrogens is 332 g/mol. The molecule has 1 aromatic heterocycles. The number of likely N-dealkylation sites (tertiary alicyclic amines) is 1. The number of nitrogens with zero attached hydrogens (tertiary/aromatic N) is 2. The summed E-state index contributed by atoms with van der Waals surface area (Å²) in [5.41, 5.74) is 0.647. The van der Waals surface area contributed by atoms with E-state index in [0.717, 1.165) is 25.8 Å². The summed E-state index contributed by atoms with van der Waals surface area (Å²) in [5.74, 6) is 1.35. The van der Waals surface area contributed by atoms with Crippen molar-refractivity contribution in [2.45, 2.75) is 31.6 Å². The highest BCUT2D eigenvalue weighted by Gasteiger charge is 2.36. The lowest BCUT2D eigenvalue weighted by atomic mass is 10.00. The van der Waals surface area contributed by atoms with Gasteiger partial charge in [0.15, 0.2) is 6.29 Å². The summed E-state index contributed by atoms with van der Waals surface area (Å²) in [5, 5.41) is 0. The maximum atomic E-state index is 13.0. The number of hydrogen-bond donors (Lipinski definition) is 0. The summed E-state index contributed by atoms with van der Waals surface area (Å²) < 4.78 is 17.0. The van der Waals surface area contributed by atoms with Gasteiger partial charge < -0.3 is 19.1 Å². The van der Waals surface area contributed by atoms with Gasteiger partial charge in [-0.1, -0.05) is 0 Å². The summed E-state index contributed by atoms with van der Waals surface area (Å²) in [6, 6.07) is 10.9. The minimum atomic E-state index is -0.299. The fraction of sp³-hybridized carbons (Fsp3) is 0.400. The second-order valence-corrected chi connectivity index (χ2v) is 6.49. The third-order valence-electron chi connectivity index (χ3n) is 4.74. The van der Waals surface area contributed by atoms with Gasteiger partial charge in [0.2, 0.25) is 0 Å². The van der Waals surface area contributed by atoms with E-state index in [1.54, 1.807) is 24.5 Å². The van der Waals surface area contributed by atoms with Crippen LogP contribution in [0.5, 0.6) is 11.5 Å². The quantitative estimate of drug-likeness (QED) is 0.843. The Morgan fingerprint density at radius 1 is 1.08 bits per heavy atom. The highest BCUT2D eigenvalue weighted by Crippen LogP contribution is 2.27. The minimum absolute atomic E-state index is 0.00919. The molecule has 26 heavy (non-hydrogen) atoms. The molecule has 2 aliphatic heterocycles. The number of hydrogen-bond acceptors (Lipinski definition) is 5. The molecule has 0 saturated carbocycles. The maximum Gasteiger partial charge on any atom is 0.254 e. The van der Waals surface area contributed by atoms with Crippen LogP contribution in [0.3, 0.4) is 0 Å². The van der Waals surface area contributed by atoms with E-state index in [9.17, 15) is 4.79 Å². The SMILES string of the molecule is O=C(c1ccc(Oc2cccnc2)cc1)N1CCCCC1C1OCCO1. The van der Waals surface area contributed by atoms with Crippen molar-refractivity contribution in [3.63, 3.8) is 0 Å². The van der Waals surface area contributed by atoms with Crippen molar-refractivity contribution in [3.05, 3.63) is 54.4 Å². The fourth-order valence-electron chi connectivity index (χ4n) is 3.47. The molecule has 1 atom stereocenters. The summed E-state index contributed by atoms with van der Waals surface area (Å²) in [6.45, 7) is 1.94. The van der Waals surface area contributed by atoms with Crippen LogP contribution in [0.15, 0.2) is 48.8 Å². The van der Waals surface area contributed by atoms with E-state index in [2.05, 4.69) is 4.98 Å². The molecule has 0 aliphatic carbocycles. The molecule has 2 saturated heterocycles. The molecule has 0 radical (unpaired) electrons. The number of aromatic nitrogens is 1. The highest BCUT2D eigenvalue weighted by molar-refractivity contribution is 5.94. The van der Waals surface area contributed by atoms with Gasteiger partial charge >= 0.3 is 0 Å². The monoisotopic (exact) mass is 354 g/mol. The topological polar surface area (TPSA) is 60.9 Å². The van der Waals surface area contributed by atoms with E-state index in [1.807, 2.05) is 29.2 Å². The van der Waals surface area contributed by atoms with Gasteiger partial charge in [0, 0.05) is 18.3 Å². The molecule has 2 aliphatic rings. The molecule has 2 aromatic rings. The maximum absolute atomic E-state index is 13.0. The Bertz CT molecular complexity index is 729. The second-order valence-electron chi connectivity index (χ2n) is 6.49. The van der Waals surface area contributed by atoms with Crippen molar-refractivity contribution in [1.29, 1.82) is 0 Å². The first-order chi connectivity index (χ1) is 12.8. The lowest BCUT2D eigenvalue weighted by molar-refractivity contribution is -0.100. The summed E-state index contributed by atoms with van der Waals surface area (Å²) in [7, 11) is 0. The van der Waals surface area contributed by atoms with Gasteiger partial charge in [-0.25, -0.2) is 0 Å². The summed E-state index contributed by atoms with van der Waals surface area (Å²) >= 11 is 0. The number of rotatable bonds is 4. The smallest absolute Gasteiger partial charge is 0.254 e. The molecule has 1 unspecified atom stereocenters. The zero-order valence-corrected chi connectivity index (χ0v) is 14.5. The zero-order valence-electron chi connectivity index (χ0n) is 14.5. The van der Waals surface area contributed by atoms with Gasteiger partial charge in [-0.15, -0.1) is 0 Å². The molecule has 0 bridgehead atoms. The molecule has 136 valence electrons. The number of carbonyl (C=O) groups is 1. The largest absolute Gasteiger partial charge is 0.456 e. The van der Waals surface area contributed by atoms with Gasteiger partial charge in [0.1, 0.15) is 11.5 Å². The van der Waals surface area contributed by atoms with Gasteiger partial charge in [0.25, 0.3) is 5.91 Å². The van der Waals surface area contributed by atoms with E-state index in [4.69, 9.17) is 14.2 Å². The Labute approximate surface area is 152 Å². The minimum Gasteiger partial charge on any atom is -0.456 e. The van der Waals surface area contributed by atoms with Crippen molar-refractivity contribution in [3.8, 4) is 11.5 Å². The third kappa shape index (κ3) is 3.71. The first-order valence-corrected chi connectivity index (χ1v) is 9.03. The van der Waals surface area contributed by atoms with Crippen LogP contribution < -0.4 is 4.74 Å². The van der Waals surface area contributed by atoms with E-state index < -0.39 is 0 Å². The molecular formula is C20H22N2O4. The van der Waals surface area contributed by atoms with Crippen LogP contribution in [0.25, 0.3) is 0 Å². The van der Waals surface area contributed by atoms with Crippen LogP contribution in [-0.2, 0) is 9.47 Å². The standard InChI is InChI=1S/C20H22N2O4/c23-19(22-11-2-1-5-18(22)20-24-12-13-25-20)15-6-8-16(9-7-15)26-17-4-3-10-21-14-17/h3-4,6-10,14,18,20H,1-2,5,11-13H2. The van der Waals surface area contributed by atoms with Crippen molar-refractivity contribution < 1.29 is 19.0 Å². The number of piperidine rings is 1. The summed E-state index contributed by atoms with van der Waals surface area (Å²) in [4.78, 5) is 18.9. The van der Waals surface area contributed by atoms with Crippen LogP contribution >= 0.6 is 0 Å². The van der Waals surface area contributed by atoms with Crippen LogP contribution in [-0.4, -0.2) is 47.9 Å². The molecule has 0 spiro atoms. The fourth-order valence-corrected chi connectivity index (χ4v) is 3.47.